The van der Waals surface area contributed by atoms with Crippen LogP contribution in [-0.2, 0) is 10.0 Å². The molecule has 0 unspecified atom stereocenters. The quantitative estimate of drug-likeness (QED) is 0.653. The first-order chi connectivity index (χ1) is 6.37. The fourth-order valence-corrected chi connectivity index (χ4v) is 2.72. The van der Waals surface area contributed by atoms with Crippen LogP contribution < -0.4 is 0 Å². The molecule has 1 saturated heterocycles. The van der Waals surface area contributed by atoms with Gasteiger partial charge in [-0.1, -0.05) is 0 Å². The maximum absolute atomic E-state index is 11.5. The average Bonchev–Trinajstić information content (AvgIpc) is 2.03. The highest BCUT2D eigenvalue weighted by Gasteiger charge is 2.32. The third-order valence-electron chi connectivity index (χ3n) is 2.54. The summed E-state index contributed by atoms with van der Waals surface area (Å²) < 4.78 is 24.3. The number of piperidine rings is 1. The molecule has 0 aromatic carbocycles. The van der Waals surface area contributed by atoms with Crippen molar-refractivity contribution in [1.82, 2.24) is 4.31 Å². The topological polar surface area (TPSA) is 77.8 Å². The van der Waals surface area contributed by atoms with E-state index in [0.29, 0.717) is 25.9 Å². The lowest BCUT2D eigenvalue weighted by atomic mass is 9.95. The van der Waals surface area contributed by atoms with E-state index in [1.807, 2.05) is 0 Å². The van der Waals surface area contributed by atoms with Crippen LogP contribution in [0.15, 0.2) is 0 Å². The summed E-state index contributed by atoms with van der Waals surface area (Å²) in [6, 6.07) is 0. The van der Waals surface area contributed by atoms with E-state index in [1.165, 1.54) is 4.31 Å². The summed E-state index contributed by atoms with van der Waals surface area (Å²) in [4.78, 5) is 0. The molecule has 0 radical (unpaired) electrons. The van der Waals surface area contributed by atoms with Gasteiger partial charge in [0, 0.05) is 13.1 Å². The van der Waals surface area contributed by atoms with E-state index in [1.54, 1.807) is 6.92 Å². The summed E-state index contributed by atoms with van der Waals surface area (Å²) in [7, 11) is -3.31. The monoisotopic (exact) mass is 223 g/mol. The SMILES string of the molecule is CC1(O)CCN(S(=O)(=O)CCO)CC1. The summed E-state index contributed by atoms with van der Waals surface area (Å²) in [6.45, 7) is 2.04. The van der Waals surface area contributed by atoms with Gasteiger partial charge in [-0.3, -0.25) is 0 Å². The Hall–Kier alpha value is -0.170. The van der Waals surface area contributed by atoms with Gasteiger partial charge in [-0.05, 0) is 19.8 Å². The van der Waals surface area contributed by atoms with E-state index >= 15 is 0 Å². The van der Waals surface area contributed by atoms with Gasteiger partial charge < -0.3 is 10.2 Å². The summed E-state index contributed by atoms with van der Waals surface area (Å²) in [6.07, 6.45) is 0.912. The molecule has 0 spiro atoms. The van der Waals surface area contributed by atoms with Crippen LogP contribution in [0.5, 0.6) is 0 Å². The second kappa shape index (κ2) is 4.14. The van der Waals surface area contributed by atoms with E-state index in [4.69, 9.17) is 5.11 Å². The molecule has 0 atom stereocenters. The number of rotatable bonds is 3. The van der Waals surface area contributed by atoms with Gasteiger partial charge in [0.25, 0.3) is 0 Å². The van der Waals surface area contributed by atoms with Crippen LogP contribution in [0.25, 0.3) is 0 Å². The Kier molecular flexibility index (Phi) is 3.52. The predicted octanol–water partition coefficient (Wildman–Crippen LogP) is -0.845. The molecule has 0 saturated carbocycles. The van der Waals surface area contributed by atoms with Gasteiger partial charge in [0.1, 0.15) is 0 Å². The minimum absolute atomic E-state index is 0.227. The number of hydrogen-bond donors (Lipinski definition) is 2. The number of sulfonamides is 1. The number of hydrogen-bond acceptors (Lipinski definition) is 4. The average molecular weight is 223 g/mol. The maximum Gasteiger partial charge on any atom is 0.216 e. The highest BCUT2D eigenvalue weighted by Crippen LogP contribution is 2.22. The Morgan fingerprint density at radius 3 is 2.29 bits per heavy atom. The summed E-state index contributed by atoms with van der Waals surface area (Å²) in [5.41, 5.74) is -0.745. The van der Waals surface area contributed by atoms with Crippen molar-refractivity contribution in [1.29, 1.82) is 0 Å². The molecule has 0 aromatic rings. The van der Waals surface area contributed by atoms with Gasteiger partial charge in [-0.2, -0.15) is 0 Å². The molecule has 14 heavy (non-hydrogen) atoms. The van der Waals surface area contributed by atoms with Gasteiger partial charge in [-0.15, -0.1) is 0 Å². The Bertz CT molecular complexity index is 276. The molecule has 0 aliphatic carbocycles. The lowest BCUT2D eigenvalue weighted by molar-refractivity contribution is 0.0125. The third-order valence-corrected chi connectivity index (χ3v) is 4.39. The van der Waals surface area contributed by atoms with Crippen molar-refractivity contribution < 1.29 is 18.6 Å². The molecular formula is C8H17NO4S. The molecule has 1 rings (SSSR count). The van der Waals surface area contributed by atoms with Crippen molar-refractivity contribution in [2.75, 3.05) is 25.4 Å². The van der Waals surface area contributed by atoms with Gasteiger partial charge in [0.15, 0.2) is 0 Å². The van der Waals surface area contributed by atoms with E-state index < -0.39 is 15.6 Å². The standard InChI is InChI=1S/C8H17NO4S/c1-8(11)2-4-9(5-3-8)14(12,13)7-6-10/h10-11H,2-7H2,1H3. The van der Waals surface area contributed by atoms with E-state index in [2.05, 4.69) is 0 Å². The van der Waals surface area contributed by atoms with Crippen LogP contribution in [0.1, 0.15) is 19.8 Å². The first-order valence-electron chi connectivity index (χ1n) is 4.68. The number of aliphatic hydroxyl groups is 2. The van der Waals surface area contributed by atoms with Crippen LogP contribution in [0.3, 0.4) is 0 Å². The Morgan fingerprint density at radius 1 is 1.36 bits per heavy atom. The molecule has 1 aliphatic rings. The van der Waals surface area contributed by atoms with Crippen molar-refractivity contribution >= 4 is 10.0 Å². The summed E-state index contributed by atoms with van der Waals surface area (Å²) >= 11 is 0. The minimum atomic E-state index is -3.31. The smallest absolute Gasteiger partial charge is 0.216 e. The number of nitrogens with zero attached hydrogens (tertiary/aromatic N) is 1. The normalized spacial score (nSPS) is 23.6. The molecule has 0 aromatic heterocycles. The fraction of sp³-hybridized carbons (Fsp3) is 1.00. The first kappa shape index (κ1) is 11.9. The molecule has 5 nitrogen and oxygen atoms in total. The highest BCUT2D eigenvalue weighted by atomic mass is 32.2. The fourth-order valence-electron chi connectivity index (χ4n) is 1.49. The van der Waals surface area contributed by atoms with Crippen LogP contribution in [0, 0.1) is 0 Å². The zero-order valence-electron chi connectivity index (χ0n) is 8.31. The third kappa shape index (κ3) is 2.91. The second-order valence-electron chi connectivity index (χ2n) is 3.94. The van der Waals surface area contributed by atoms with E-state index in [0.717, 1.165) is 0 Å². The van der Waals surface area contributed by atoms with Crippen LogP contribution in [0.2, 0.25) is 0 Å². The van der Waals surface area contributed by atoms with Crippen molar-refractivity contribution in [3.05, 3.63) is 0 Å². The van der Waals surface area contributed by atoms with Crippen LogP contribution in [0.4, 0.5) is 0 Å². The van der Waals surface area contributed by atoms with Crippen LogP contribution >= 0.6 is 0 Å². The van der Waals surface area contributed by atoms with Crippen molar-refractivity contribution in [3.63, 3.8) is 0 Å². The lowest BCUT2D eigenvalue weighted by Crippen LogP contribution is -2.46. The first-order valence-corrected chi connectivity index (χ1v) is 6.29. The largest absolute Gasteiger partial charge is 0.395 e. The van der Waals surface area contributed by atoms with Gasteiger partial charge in [-0.25, -0.2) is 12.7 Å². The van der Waals surface area contributed by atoms with E-state index in [-0.39, 0.29) is 12.4 Å². The molecule has 2 N–H and O–H groups in total. The second-order valence-corrected chi connectivity index (χ2v) is 6.02. The Balaban J connectivity index is 2.58. The van der Waals surface area contributed by atoms with E-state index in [9.17, 15) is 13.5 Å². The Labute approximate surface area is 84.4 Å². The van der Waals surface area contributed by atoms with Crippen molar-refractivity contribution in [2.45, 2.75) is 25.4 Å². The minimum Gasteiger partial charge on any atom is -0.395 e. The van der Waals surface area contributed by atoms with Gasteiger partial charge in [0.2, 0.25) is 10.0 Å². The molecular weight excluding hydrogens is 206 g/mol. The molecule has 84 valence electrons. The zero-order valence-corrected chi connectivity index (χ0v) is 9.13. The zero-order chi connectivity index (χ0) is 10.8. The maximum atomic E-state index is 11.5. The number of aliphatic hydroxyl groups excluding tert-OH is 1. The Morgan fingerprint density at radius 2 is 1.86 bits per heavy atom. The lowest BCUT2D eigenvalue weighted by Gasteiger charge is -2.34. The predicted molar refractivity (Wildman–Crippen MR) is 52.3 cm³/mol. The summed E-state index contributed by atoms with van der Waals surface area (Å²) in [5.74, 6) is -0.227. The molecule has 1 heterocycles. The van der Waals surface area contributed by atoms with Crippen molar-refractivity contribution in [3.8, 4) is 0 Å². The summed E-state index contributed by atoms with van der Waals surface area (Å²) in [5, 5.41) is 18.2. The molecule has 0 bridgehead atoms. The molecule has 1 aliphatic heterocycles. The molecule has 1 fully saturated rings. The molecule has 6 heteroatoms. The molecule has 0 amide bonds. The highest BCUT2D eigenvalue weighted by molar-refractivity contribution is 7.89. The van der Waals surface area contributed by atoms with Gasteiger partial charge in [0.05, 0.1) is 18.0 Å². The van der Waals surface area contributed by atoms with Crippen molar-refractivity contribution in [2.24, 2.45) is 0 Å². The van der Waals surface area contributed by atoms with Crippen LogP contribution in [-0.4, -0.2) is 54.0 Å². The van der Waals surface area contributed by atoms with Gasteiger partial charge >= 0.3 is 0 Å².